The summed E-state index contributed by atoms with van der Waals surface area (Å²) in [7, 11) is 0. The number of allylic oxidation sites excluding steroid dienone is 1. The van der Waals surface area contributed by atoms with Gasteiger partial charge in [0.2, 0.25) is 0 Å². The minimum Gasteiger partial charge on any atom is -0.258 e. The van der Waals surface area contributed by atoms with Gasteiger partial charge in [-0.1, -0.05) is 6.08 Å². The lowest BCUT2D eigenvalue weighted by atomic mass is 9.97. The van der Waals surface area contributed by atoms with E-state index in [0.717, 1.165) is 12.1 Å². The van der Waals surface area contributed by atoms with Gasteiger partial charge in [0.25, 0.3) is 5.69 Å². The maximum atomic E-state index is 12.5. The number of nitrogens with zero attached hydrogens (tertiary/aromatic N) is 1. The van der Waals surface area contributed by atoms with E-state index in [2.05, 4.69) is 13.5 Å². The third-order valence-corrected chi connectivity index (χ3v) is 2.24. The monoisotopic (exact) mass is 244 g/mol. The largest absolute Gasteiger partial charge is 0.416 e. The highest BCUT2D eigenvalue weighted by Gasteiger charge is 2.32. The molecule has 6 heteroatoms. The van der Waals surface area contributed by atoms with Gasteiger partial charge in [-0.25, -0.2) is 0 Å². The number of alkyl halides is 3. The summed E-state index contributed by atoms with van der Waals surface area (Å²) in [6.07, 6.45) is -3.28. The zero-order chi connectivity index (χ0) is 13.2. The van der Waals surface area contributed by atoms with Gasteiger partial charge in [-0.2, -0.15) is 13.2 Å². The van der Waals surface area contributed by atoms with Crippen molar-refractivity contribution in [3.63, 3.8) is 0 Å². The molecule has 0 aliphatic carbocycles. The van der Waals surface area contributed by atoms with Crippen LogP contribution in [0.25, 0.3) is 0 Å². The number of rotatable bonds is 3. The highest BCUT2D eigenvalue weighted by Crippen LogP contribution is 2.35. The van der Waals surface area contributed by atoms with Crippen LogP contribution in [-0.2, 0) is 6.18 Å². The normalized spacial score (nSPS) is 13.2. The van der Waals surface area contributed by atoms with E-state index < -0.39 is 28.3 Å². The SMILES string of the molecule is [CH2]C(C=C)c1cc(C(F)(F)F)ccc1[N+](=O)[O-]. The first-order valence-electron chi connectivity index (χ1n) is 4.58. The Morgan fingerprint density at radius 1 is 1.41 bits per heavy atom. The number of halogens is 3. The molecular weight excluding hydrogens is 235 g/mol. The molecule has 1 unspecified atom stereocenters. The Bertz CT molecular complexity index is 455. The first kappa shape index (κ1) is 13.2. The molecule has 17 heavy (non-hydrogen) atoms. The van der Waals surface area contributed by atoms with Crippen molar-refractivity contribution in [2.24, 2.45) is 0 Å². The van der Waals surface area contributed by atoms with Crippen molar-refractivity contribution >= 4 is 5.69 Å². The summed E-state index contributed by atoms with van der Waals surface area (Å²) in [6.45, 7) is 6.87. The van der Waals surface area contributed by atoms with Gasteiger partial charge in [0.1, 0.15) is 0 Å². The lowest BCUT2D eigenvalue weighted by Crippen LogP contribution is -2.07. The number of nitro groups is 1. The van der Waals surface area contributed by atoms with Gasteiger partial charge < -0.3 is 0 Å². The predicted molar refractivity (Wildman–Crippen MR) is 56.4 cm³/mol. The molecule has 0 spiro atoms. The maximum absolute atomic E-state index is 12.5. The number of benzene rings is 1. The molecule has 1 rings (SSSR count). The van der Waals surface area contributed by atoms with Gasteiger partial charge in [-0.05, 0) is 19.1 Å². The molecule has 0 bridgehead atoms. The van der Waals surface area contributed by atoms with Gasteiger partial charge in [0.05, 0.1) is 10.5 Å². The Balaban J connectivity index is 3.39. The topological polar surface area (TPSA) is 43.1 Å². The predicted octanol–water partition coefficient (Wildman–Crippen LogP) is 3.72. The van der Waals surface area contributed by atoms with E-state index in [0.29, 0.717) is 6.07 Å². The Morgan fingerprint density at radius 3 is 2.41 bits per heavy atom. The molecule has 0 aliphatic heterocycles. The lowest BCUT2D eigenvalue weighted by Gasteiger charge is -2.11. The fourth-order valence-electron chi connectivity index (χ4n) is 1.32. The van der Waals surface area contributed by atoms with Crippen LogP contribution in [0.3, 0.4) is 0 Å². The Morgan fingerprint density at radius 2 is 2.00 bits per heavy atom. The van der Waals surface area contributed by atoms with Crippen molar-refractivity contribution in [2.45, 2.75) is 12.1 Å². The number of nitro benzene ring substituents is 1. The molecule has 1 aromatic carbocycles. The Labute approximate surface area is 95.7 Å². The lowest BCUT2D eigenvalue weighted by molar-refractivity contribution is -0.385. The first-order chi connectivity index (χ1) is 7.77. The van der Waals surface area contributed by atoms with Crippen molar-refractivity contribution in [1.82, 2.24) is 0 Å². The van der Waals surface area contributed by atoms with E-state index in [4.69, 9.17) is 0 Å². The third kappa shape index (κ3) is 2.83. The minimum absolute atomic E-state index is 0.0974. The second kappa shape index (κ2) is 4.57. The van der Waals surface area contributed by atoms with Crippen LogP contribution in [0.4, 0.5) is 18.9 Å². The molecule has 1 aromatic rings. The van der Waals surface area contributed by atoms with Crippen LogP contribution in [-0.4, -0.2) is 4.92 Å². The zero-order valence-corrected chi connectivity index (χ0v) is 8.70. The molecule has 0 heterocycles. The number of hydrogen-bond acceptors (Lipinski definition) is 2. The molecule has 0 aromatic heterocycles. The van der Waals surface area contributed by atoms with Crippen molar-refractivity contribution in [3.8, 4) is 0 Å². The minimum atomic E-state index is -4.54. The maximum Gasteiger partial charge on any atom is 0.416 e. The number of hydrogen-bond donors (Lipinski definition) is 0. The molecule has 0 fully saturated rings. The highest BCUT2D eigenvalue weighted by atomic mass is 19.4. The second-order valence-corrected chi connectivity index (χ2v) is 3.37. The van der Waals surface area contributed by atoms with Crippen LogP contribution in [0.5, 0.6) is 0 Å². The van der Waals surface area contributed by atoms with E-state index in [1.54, 1.807) is 0 Å². The van der Waals surface area contributed by atoms with Gasteiger partial charge in [0.15, 0.2) is 0 Å². The average molecular weight is 244 g/mol. The Hall–Kier alpha value is -1.85. The van der Waals surface area contributed by atoms with E-state index in [1.165, 1.54) is 6.08 Å². The van der Waals surface area contributed by atoms with Crippen molar-refractivity contribution < 1.29 is 18.1 Å². The summed E-state index contributed by atoms with van der Waals surface area (Å²) in [4.78, 5) is 9.93. The molecule has 0 N–H and O–H groups in total. The van der Waals surface area contributed by atoms with E-state index in [-0.39, 0.29) is 5.56 Å². The molecule has 1 radical (unpaired) electrons. The fourth-order valence-corrected chi connectivity index (χ4v) is 1.32. The molecule has 0 saturated carbocycles. The van der Waals surface area contributed by atoms with Crippen molar-refractivity contribution in [3.05, 3.63) is 59.0 Å². The standard InChI is InChI=1S/C11H9F3NO2/c1-3-7(2)9-6-8(11(12,13)14)4-5-10(9)15(16)17/h3-7H,1-2H2. The van der Waals surface area contributed by atoms with Crippen LogP contribution < -0.4 is 0 Å². The average Bonchev–Trinajstić information content (AvgIpc) is 2.25. The summed E-state index contributed by atoms with van der Waals surface area (Å²) in [5, 5.41) is 10.7. The van der Waals surface area contributed by atoms with E-state index in [1.807, 2.05) is 0 Å². The van der Waals surface area contributed by atoms with Crippen molar-refractivity contribution in [1.29, 1.82) is 0 Å². The summed E-state index contributed by atoms with van der Waals surface area (Å²) in [6, 6.07) is 2.24. The van der Waals surface area contributed by atoms with Gasteiger partial charge in [-0.15, -0.1) is 6.58 Å². The van der Waals surface area contributed by atoms with Gasteiger partial charge in [-0.3, -0.25) is 10.1 Å². The second-order valence-electron chi connectivity index (χ2n) is 3.37. The Kier molecular flexibility index (Phi) is 3.55. The summed E-state index contributed by atoms with van der Waals surface area (Å²) < 4.78 is 37.4. The third-order valence-electron chi connectivity index (χ3n) is 2.24. The highest BCUT2D eigenvalue weighted by molar-refractivity contribution is 5.47. The summed E-state index contributed by atoms with van der Waals surface area (Å²) >= 11 is 0. The summed E-state index contributed by atoms with van der Waals surface area (Å²) in [5.74, 6) is -0.766. The molecule has 0 saturated heterocycles. The smallest absolute Gasteiger partial charge is 0.258 e. The molecule has 0 amide bonds. The zero-order valence-electron chi connectivity index (χ0n) is 8.70. The quantitative estimate of drug-likeness (QED) is 0.462. The van der Waals surface area contributed by atoms with Crippen LogP contribution in [0.15, 0.2) is 30.9 Å². The summed E-state index contributed by atoms with van der Waals surface area (Å²) in [5.41, 5.74) is -1.42. The molecule has 0 aliphatic rings. The molecule has 1 atom stereocenters. The van der Waals surface area contributed by atoms with Gasteiger partial charge in [0, 0.05) is 17.5 Å². The van der Waals surface area contributed by atoms with Crippen LogP contribution >= 0.6 is 0 Å². The fraction of sp³-hybridized carbons (Fsp3) is 0.182. The van der Waals surface area contributed by atoms with E-state index in [9.17, 15) is 23.3 Å². The van der Waals surface area contributed by atoms with Crippen LogP contribution in [0.1, 0.15) is 17.0 Å². The molecule has 3 nitrogen and oxygen atoms in total. The van der Waals surface area contributed by atoms with Crippen LogP contribution in [0, 0.1) is 17.0 Å². The van der Waals surface area contributed by atoms with Crippen molar-refractivity contribution in [2.75, 3.05) is 0 Å². The molecular formula is C11H9F3NO2. The van der Waals surface area contributed by atoms with Gasteiger partial charge >= 0.3 is 6.18 Å². The first-order valence-corrected chi connectivity index (χ1v) is 4.58. The van der Waals surface area contributed by atoms with E-state index >= 15 is 0 Å². The molecule has 91 valence electrons. The van der Waals surface area contributed by atoms with Crippen LogP contribution in [0.2, 0.25) is 0 Å².